The van der Waals surface area contributed by atoms with Crippen molar-refractivity contribution in [1.82, 2.24) is 20.0 Å². The van der Waals surface area contributed by atoms with Crippen LogP contribution in [0.5, 0.6) is 0 Å². The van der Waals surface area contributed by atoms with Gasteiger partial charge in [0.1, 0.15) is 0 Å². The van der Waals surface area contributed by atoms with Crippen LogP contribution in [0.2, 0.25) is 0 Å². The van der Waals surface area contributed by atoms with Crippen molar-refractivity contribution >= 4 is 11.7 Å². The van der Waals surface area contributed by atoms with Crippen molar-refractivity contribution in [3.05, 3.63) is 30.1 Å². The first-order valence-corrected chi connectivity index (χ1v) is 5.42. The van der Waals surface area contributed by atoms with Crippen LogP contribution in [0.3, 0.4) is 0 Å². The van der Waals surface area contributed by atoms with Gasteiger partial charge >= 0.3 is 0 Å². The summed E-state index contributed by atoms with van der Waals surface area (Å²) < 4.78 is 1.64. The number of aryl methyl sites for hydroxylation is 1. The van der Waals surface area contributed by atoms with E-state index in [1.807, 2.05) is 19.2 Å². The molecule has 0 radical (unpaired) electrons. The number of aromatic nitrogens is 4. The molecule has 0 saturated carbocycles. The number of likely N-dealkylation sites (N-methyl/N-ethyl adjacent to an activating group) is 1. The molecule has 18 heavy (non-hydrogen) atoms. The highest BCUT2D eigenvalue weighted by atomic mass is 16.1. The number of rotatable bonds is 4. The second kappa shape index (κ2) is 4.82. The summed E-state index contributed by atoms with van der Waals surface area (Å²) in [4.78, 5) is 12.4. The molecule has 7 heteroatoms. The number of nitrogens with zero attached hydrogens (tertiary/aromatic N) is 5. The topological polar surface area (TPSA) is 89.9 Å². The van der Waals surface area contributed by atoms with E-state index in [0.717, 1.165) is 5.69 Å². The molecule has 0 aliphatic rings. The molecule has 0 aromatic carbocycles. The van der Waals surface area contributed by atoms with Crippen molar-refractivity contribution in [3.63, 3.8) is 0 Å². The predicted octanol–water partition coefficient (Wildman–Crippen LogP) is -0.108. The molecule has 2 aromatic rings. The Hall–Kier alpha value is -2.44. The minimum Gasteiger partial charge on any atom is -0.368 e. The molecule has 0 spiro atoms. The number of primary amides is 1. The molecule has 0 aliphatic carbocycles. The first-order valence-electron chi connectivity index (χ1n) is 5.42. The van der Waals surface area contributed by atoms with Gasteiger partial charge in [-0.1, -0.05) is 0 Å². The SMILES string of the molecule is Cc1ccn(-c2ccc(N(C)CC(N)=O)nn2)n1. The summed E-state index contributed by atoms with van der Waals surface area (Å²) in [5, 5.41) is 12.3. The van der Waals surface area contributed by atoms with E-state index in [0.29, 0.717) is 11.6 Å². The zero-order valence-electron chi connectivity index (χ0n) is 10.2. The number of nitrogens with two attached hydrogens (primary N) is 1. The fourth-order valence-electron chi connectivity index (χ4n) is 1.50. The van der Waals surface area contributed by atoms with E-state index in [4.69, 9.17) is 5.73 Å². The number of carbonyl (C=O) groups is 1. The largest absolute Gasteiger partial charge is 0.368 e. The van der Waals surface area contributed by atoms with Crippen LogP contribution in [-0.4, -0.2) is 39.5 Å². The van der Waals surface area contributed by atoms with Crippen LogP contribution in [-0.2, 0) is 4.79 Å². The lowest BCUT2D eigenvalue weighted by molar-refractivity contribution is -0.116. The molecular formula is C11H14N6O. The standard InChI is InChI=1S/C11H14N6O/c1-8-5-6-17(15-8)11-4-3-10(13-14-11)16(2)7-9(12)18/h3-6H,7H2,1-2H3,(H2,12,18). The number of anilines is 1. The molecule has 1 amide bonds. The maximum atomic E-state index is 10.8. The van der Waals surface area contributed by atoms with E-state index >= 15 is 0 Å². The fraction of sp³-hybridized carbons (Fsp3) is 0.273. The molecule has 0 bridgehead atoms. The molecule has 0 aliphatic heterocycles. The molecule has 0 saturated heterocycles. The molecule has 0 atom stereocenters. The average Bonchev–Trinajstić information content (AvgIpc) is 2.75. The zero-order chi connectivity index (χ0) is 13.1. The Morgan fingerprint density at radius 3 is 2.67 bits per heavy atom. The molecular weight excluding hydrogens is 232 g/mol. The predicted molar refractivity (Wildman–Crippen MR) is 66.4 cm³/mol. The highest BCUT2D eigenvalue weighted by molar-refractivity contribution is 5.78. The van der Waals surface area contributed by atoms with Gasteiger partial charge in [0.15, 0.2) is 11.6 Å². The Morgan fingerprint density at radius 1 is 1.39 bits per heavy atom. The lowest BCUT2D eigenvalue weighted by Crippen LogP contribution is -2.31. The van der Waals surface area contributed by atoms with Gasteiger partial charge in [0.05, 0.1) is 12.2 Å². The third-order valence-electron chi connectivity index (χ3n) is 2.38. The molecule has 7 nitrogen and oxygen atoms in total. The lowest BCUT2D eigenvalue weighted by Gasteiger charge is -2.15. The summed E-state index contributed by atoms with van der Waals surface area (Å²) in [5.74, 6) is 0.798. The smallest absolute Gasteiger partial charge is 0.236 e. The van der Waals surface area contributed by atoms with Crippen LogP contribution < -0.4 is 10.6 Å². The number of amides is 1. The average molecular weight is 246 g/mol. The van der Waals surface area contributed by atoms with Gasteiger partial charge in [0, 0.05) is 13.2 Å². The number of hydrogen-bond acceptors (Lipinski definition) is 5. The van der Waals surface area contributed by atoms with Gasteiger partial charge in [-0.05, 0) is 25.1 Å². The van der Waals surface area contributed by atoms with E-state index in [-0.39, 0.29) is 6.54 Å². The van der Waals surface area contributed by atoms with Crippen molar-refractivity contribution in [2.24, 2.45) is 5.73 Å². The quantitative estimate of drug-likeness (QED) is 0.813. The van der Waals surface area contributed by atoms with Crippen LogP contribution >= 0.6 is 0 Å². The van der Waals surface area contributed by atoms with Crippen LogP contribution in [0.4, 0.5) is 5.82 Å². The molecule has 2 rings (SSSR count). The summed E-state index contributed by atoms with van der Waals surface area (Å²) in [6, 6.07) is 5.43. The van der Waals surface area contributed by atoms with Crippen molar-refractivity contribution in [1.29, 1.82) is 0 Å². The normalized spacial score (nSPS) is 10.3. The van der Waals surface area contributed by atoms with Gasteiger partial charge in [-0.15, -0.1) is 10.2 Å². The van der Waals surface area contributed by atoms with Crippen LogP contribution in [0, 0.1) is 6.92 Å². The lowest BCUT2D eigenvalue weighted by atomic mass is 10.4. The minimum absolute atomic E-state index is 0.106. The number of carbonyl (C=O) groups excluding carboxylic acids is 1. The monoisotopic (exact) mass is 246 g/mol. The Labute approximate surface area is 104 Å². The first-order chi connectivity index (χ1) is 8.56. The Kier molecular flexibility index (Phi) is 3.22. The van der Waals surface area contributed by atoms with Gasteiger partial charge in [-0.2, -0.15) is 5.10 Å². The molecule has 0 fully saturated rings. The Morgan fingerprint density at radius 2 is 2.17 bits per heavy atom. The first kappa shape index (κ1) is 12.0. The summed E-state index contributed by atoms with van der Waals surface area (Å²) >= 11 is 0. The van der Waals surface area contributed by atoms with Crippen LogP contribution in [0.15, 0.2) is 24.4 Å². The van der Waals surface area contributed by atoms with Gasteiger partial charge in [0.2, 0.25) is 5.91 Å². The van der Waals surface area contributed by atoms with E-state index in [9.17, 15) is 4.79 Å². The highest BCUT2D eigenvalue weighted by Gasteiger charge is 2.07. The van der Waals surface area contributed by atoms with Crippen molar-refractivity contribution < 1.29 is 4.79 Å². The molecule has 94 valence electrons. The van der Waals surface area contributed by atoms with Crippen LogP contribution in [0.1, 0.15) is 5.69 Å². The summed E-state index contributed by atoms with van der Waals surface area (Å²) in [6.45, 7) is 2.01. The summed E-state index contributed by atoms with van der Waals surface area (Å²) in [5.41, 5.74) is 6.02. The minimum atomic E-state index is -0.411. The van der Waals surface area contributed by atoms with Gasteiger partial charge < -0.3 is 10.6 Å². The van der Waals surface area contributed by atoms with Crippen molar-refractivity contribution in [2.45, 2.75) is 6.92 Å². The maximum Gasteiger partial charge on any atom is 0.236 e. The van der Waals surface area contributed by atoms with Gasteiger partial charge in [-0.3, -0.25) is 4.79 Å². The molecule has 0 unspecified atom stereocenters. The van der Waals surface area contributed by atoms with E-state index < -0.39 is 5.91 Å². The third-order valence-corrected chi connectivity index (χ3v) is 2.38. The summed E-state index contributed by atoms with van der Waals surface area (Å²) in [7, 11) is 1.73. The van der Waals surface area contributed by atoms with Crippen molar-refractivity contribution in [2.75, 3.05) is 18.5 Å². The van der Waals surface area contributed by atoms with E-state index in [2.05, 4.69) is 15.3 Å². The fourth-order valence-corrected chi connectivity index (χ4v) is 1.50. The van der Waals surface area contributed by atoms with Crippen LogP contribution in [0.25, 0.3) is 5.82 Å². The van der Waals surface area contributed by atoms with Crippen molar-refractivity contribution in [3.8, 4) is 5.82 Å². The van der Waals surface area contributed by atoms with Gasteiger partial charge in [0.25, 0.3) is 0 Å². The molecule has 2 N–H and O–H groups in total. The van der Waals surface area contributed by atoms with E-state index in [1.165, 1.54) is 0 Å². The number of hydrogen-bond donors (Lipinski definition) is 1. The second-order valence-corrected chi connectivity index (χ2v) is 3.97. The molecule has 2 aromatic heterocycles. The highest BCUT2D eigenvalue weighted by Crippen LogP contribution is 2.09. The summed E-state index contributed by atoms with van der Waals surface area (Å²) in [6.07, 6.45) is 1.81. The second-order valence-electron chi connectivity index (χ2n) is 3.97. The van der Waals surface area contributed by atoms with Gasteiger partial charge in [-0.25, -0.2) is 4.68 Å². The Bertz CT molecular complexity index is 547. The zero-order valence-corrected chi connectivity index (χ0v) is 10.2. The maximum absolute atomic E-state index is 10.8. The van der Waals surface area contributed by atoms with E-state index in [1.54, 1.807) is 28.8 Å². The third kappa shape index (κ3) is 2.62. The Balaban J connectivity index is 2.17. The molecule has 2 heterocycles.